The molecule has 1 aromatic heterocycles. The van der Waals surface area contributed by atoms with E-state index in [9.17, 15) is 4.79 Å². The lowest BCUT2D eigenvalue weighted by atomic mass is 9.97. The molecule has 1 N–H and O–H groups in total. The highest BCUT2D eigenvalue weighted by Gasteiger charge is 2.40. The van der Waals surface area contributed by atoms with Crippen LogP contribution in [0.5, 0.6) is 0 Å². The Kier molecular flexibility index (Phi) is 4.38. The summed E-state index contributed by atoms with van der Waals surface area (Å²) in [5.74, 6) is 0. The number of hydrogen-bond donors (Lipinski definition) is 1. The van der Waals surface area contributed by atoms with E-state index in [1.165, 1.54) is 12.8 Å². The molecule has 2 aliphatic heterocycles. The van der Waals surface area contributed by atoms with Gasteiger partial charge in [-0.2, -0.15) is 5.10 Å². The topological polar surface area (TPSA) is 53.4 Å². The molecule has 0 aromatic carbocycles. The van der Waals surface area contributed by atoms with E-state index < -0.39 is 0 Å². The number of urea groups is 1. The van der Waals surface area contributed by atoms with Gasteiger partial charge in [0.25, 0.3) is 0 Å². The summed E-state index contributed by atoms with van der Waals surface area (Å²) in [7, 11) is 4.16. The first-order valence-electron chi connectivity index (χ1n) is 8.32. The average molecular weight is 305 g/mol. The first kappa shape index (κ1) is 15.3. The lowest BCUT2D eigenvalue weighted by molar-refractivity contribution is 0.102. The summed E-state index contributed by atoms with van der Waals surface area (Å²) in [6.45, 7) is 3.45. The van der Waals surface area contributed by atoms with Crippen molar-refractivity contribution in [3.63, 3.8) is 0 Å². The van der Waals surface area contributed by atoms with E-state index in [2.05, 4.69) is 29.3 Å². The minimum absolute atomic E-state index is 0.0261. The van der Waals surface area contributed by atoms with E-state index in [1.807, 2.05) is 29.0 Å². The summed E-state index contributed by atoms with van der Waals surface area (Å²) in [5, 5.41) is 7.24. The molecule has 3 heterocycles. The van der Waals surface area contributed by atoms with E-state index in [1.54, 1.807) is 0 Å². The number of aromatic nitrogens is 2. The van der Waals surface area contributed by atoms with Gasteiger partial charge in [0.1, 0.15) is 0 Å². The van der Waals surface area contributed by atoms with Crippen LogP contribution >= 0.6 is 0 Å². The number of piperidine rings is 1. The molecule has 0 spiro atoms. The third kappa shape index (κ3) is 2.97. The van der Waals surface area contributed by atoms with Crippen molar-refractivity contribution in [2.45, 2.75) is 63.8 Å². The molecule has 2 unspecified atom stereocenters. The summed E-state index contributed by atoms with van der Waals surface area (Å²) >= 11 is 0. The molecule has 6 nitrogen and oxygen atoms in total. The summed E-state index contributed by atoms with van der Waals surface area (Å²) in [5.41, 5.74) is 1.05. The number of aryl methyl sites for hydroxylation is 1. The van der Waals surface area contributed by atoms with Crippen molar-refractivity contribution >= 4 is 6.03 Å². The van der Waals surface area contributed by atoms with Gasteiger partial charge in [-0.1, -0.05) is 0 Å². The molecule has 1 aromatic rings. The van der Waals surface area contributed by atoms with Crippen molar-refractivity contribution in [3.8, 4) is 0 Å². The fourth-order valence-electron chi connectivity index (χ4n) is 3.84. The number of rotatable bonds is 4. The number of carbonyl (C=O) groups excluding carboxylic acids is 1. The van der Waals surface area contributed by atoms with Crippen molar-refractivity contribution in [3.05, 3.63) is 18.0 Å². The number of nitrogens with zero attached hydrogens (tertiary/aromatic N) is 4. The Balaban J connectivity index is 1.51. The van der Waals surface area contributed by atoms with Crippen LogP contribution in [0.4, 0.5) is 4.79 Å². The van der Waals surface area contributed by atoms with Crippen LogP contribution in [-0.2, 0) is 13.1 Å². The first-order chi connectivity index (χ1) is 10.6. The van der Waals surface area contributed by atoms with Crippen LogP contribution in [-0.4, -0.2) is 57.8 Å². The molecule has 2 atom stereocenters. The van der Waals surface area contributed by atoms with Crippen LogP contribution in [0.2, 0.25) is 0 Å². The van der Waals surface area contributed by atoms with Crippen LogP contribution < -0.4 is 5.32 Å². The summed E-state index contributed by atoms with van der Waals surface area (Å²) in [4.78, 5) is 16.8. The number of nitrogens with one attached hydrogen (secondary N) is 1. The van der Waals surface area contributed by atoms with Crippen LogP contribution in [0.25, 0.3) is 0 Å². The molecule has 6 heteroatoms. The Bertz CT molecular complexity index is 514. The lowest BCUT2D eigenvalue weighted by Gasteiger charge is -2.40. The zero-order valence-corrected chi connectivity index (χ0v) is 13.8. The Morgan fingerprint density at radius 1 is 1.41 bits per heavy atom. The number of carbonyl (C=O) groups is 1. The van der Waals surface area contributed by atoms with Gasteiger partial charge >= 0.3 is 6.03 Å². The lowest BCUT2D eigenvalue weighted by Crippen LogP contribution is -2.51. The molecule has 3 rings (SSSR count). The van der Waals surface area contributed by atoms with Crippen LogP contribution in [0.1, 0.15) is 38.2 Å². The van der Waals surface area contributed by atoms with Gasteiger partial charge in [-0.15, -0.1) is 0 Å². The minimum Gasteiger partial charge on any atom is -0.334 e. The van der Waals surface area contributed by atoms with E-state index in [0.29, 0.717) is 24.7 Å². The highest BCUT2D eigenvalue weighted by atomic mass is 16.2. The Labute approximate surface area is 132 Å². The Morgan fingerprint density at radius 3 is 2.68 bits per heavy atom. The second kappa shape index (κ2) is 6.28. The summed E-state index contributed by atoms with van der Waals surface area (Å²) in [6, 6.07) is 1.70. The third-order valence-corrected chi connectivity index (χ3v) is 5.40. The highest BCUT2D eigenvalue weighted by Crippen LogP contribution is 2.35. The Hall–Kier alpha value is -1.56. The van der Waals surface area contributed by atoms with Crippen LogP contribution in [0.15, 0.2) is 12.4 Å². The maximum absolute atomic E-state index is 12.4. The standard InChI is InChI=1S/C16H27N5O/c1-4-21-11-12(10-18-21)9-17-16(22)20(3)15-7-13-5-6-14(8-15)19(13)2/h10-11,13-15H,4-9H2,1-3H3,(H,17,22). The zero-order valence-electron chi connectivity index (χ0n) is 13.8. The number of hydrogen-bond acceptors (Lipinski definition) is 3. The largest absolute Gasteiger partial charge is 0.334 e. The summed E-state index contributed by atoms with van der Waals surface area (Å²) in [6.07, 6.45) is 8.57. The molecule has 22 heavy (non-hydrogen) atoms. The number of fused-ring (bicyclic) bond motifs is 2. The minimum atomic E-state index is 0.0261. The van der Waals surface area contributed by atoms with Crippen LogP contribution in [0, 0.1) is 0 Å². The van der Waals surface area contributed by atoms with E-state index in [4.69, 9.17) is 0 Å². The molecule has 2 aliphatic rings. The monoisotopic (exact) mass is 305 g/mol. The Morgan fingerprint density at radius 2 is 2.09 bits per heavy atom. The van der Waals surface area contributed by atoms with Gasteiger partial charge in [0, 0.05) is 50.0 Å². The smallest absolute Gasteiger partial charge is 0.317 e. The van der Waals surface area contributed by atoms with Crippen molar-refractivity contribution < 1.29 is 4.79 Å². The van der Waals surface area contributed by atoms with E-state index in [-0.39, 0.29) is 6.03 Å². The fraction of sp³-hybridized carbons (Fsp3) is 0.750. The van der Waals surface area contributed by atoms with Gasteiger partial charge in [-0.05, 0) is 39.7 Å². The van der Waals surface area contributed by atoms with Crippen molar-refractivity contribution in [1.29, 1.82) is 0 Å². The van der Waals surface area contributed by atoms with E-state index in [0.717, 1.165) is 24.9 Å². The molecule has 0 radical (unpaired) electrons. The van der Waals surface area contributed by atoms with Gasteiger partial charge in [0.15, 0.2) is 0 Å². The van der Waals surface area contributed by atoms with Gasteiger partial charge in [0.05, 0.1) is 6.20 Å². The van der Waals surface area contributed by atoms with E-state index >= 15 is 0 Å². The SMILES string of the molecule is CCn1cc(CNC(=O)N(C)C2CC3CCC(C2)N3C)cn1. The third-order valence-electron chi connectivity index (χ3n) is 5.40. The zero-order chi connectivity index (χ0) is 15.7. The molecule has 2 saturated heterocycles. The molecular formula is C16H27N5O. The highest BCUT2D eigenvalue weighted by molar-refractivity contribution is 5.74. The molecule has 0 saturated carbocycles. The average Bonchev–Trinajstić information content (AvgIpc) is 3.04. The van der Waals surface area contributed by atoms with Gasteiger partial charge in [0.2, 0.25) is 0 Å². The van der Waals surface area contributed by atoms with Gasteiger partial charge < -0.3 is 15.1 Å². The quantitative estimate of drug-likeness (QED) is 0.920. The second-order valence-corrected chi connectivity index (χ2v) is 6.65. The predicted molar refractivity (Wildman–Crippen MR) is 85.5 cm³/mol. The number of amides is 2. The molecule has 0 aliphatic carbocycles. The molecular weight excluding hydrogens is 278 g/mol. The molecule has 2 amide bonds. The van der Waals surface area contributed by atoms with Crippen molar-refractivity contribution in [2.75, 3.05) is 14.1 Å². The van der Waals surface area contributed by atoms with Crippen molar-refractivity contribution in [1.82, 2.24) is 24.9 Å². The normalized spacial score (nSPS) is 27.9. The fourth-order valence-corrected chi connectivity index (χ4v) is 3.84. The molecule has 2 bridgehead atoms. The molecule has 122 valence electrons. The predicted octanol–water partition coefficient (Wildman–Crippen LogP) is 1.67. The maximum Gasteiger partial charge on any atom is 0.317 e. The second-order valence-electron chi connectivity index (χ2n) is 6.65. The van der Waals surface area contributed by atoms with Crippen LogP contribution in [0.3, 0.4) is 0 Å². The maximum atomic E-state index is 12.4. The van der Waals surface area contributed by atoms with Crippen molar-refractivity contribution in [2.24, 2.45) is 0 Å². The molecule has 2 fully saturated rings. The first-order valence-corrected chi connectivity index (χ1v) is 8.32. The van der Waals surface area contributed by atoms with Gasteiger partial charge in [-0.25, -0.2) is 4.79 Å². The van der Waals surface area contributed by atoms with Gasteiger partial charge in [-0.3, -0.25) is 4.68 Å². The summed E-state index contributed by atoms with van der Waals surface area (Å²) < 4.78 is 1.87.